The Balaban J connectivity index is 1.80. The normalized spacial score (nSPS) is 11.5. The van der Waals surface area contributed by atoms with Crippen molar-refractivity contribution in [3.8, 4) is 5.75 Å². The second-order valence-electron chi connectivity index (χ2n) is 4.66. The number of hydrazone groups is 1. The first-order valence-electron chi connectivity index (χ1n) is 6.72. The average Bonchev–Trinajstić information content (AvgIpc) is 2.54. The minimum absolute atomic E-state index is 0.258. The quantitative estimate of drug-likeness (QED) is 0.652. The van der Waals surface area contributed by atoms with Gasteiger partial charge >= 0.3 is 6.18 Å². The van der Waals surface area contributed by atoms with E-state index < -0.39 is 17.6 Å². The number of amides is 1. The van der Waals surface area contributed by atoms with Gasteiger partial charge in [-0.3, -0.25) is 4.79 Å². The van der Waals surface area contributed by atoms with Crippen LogP contribution < -0.4 is 10.2 Å². The molecule has 0 fully saturated rings. The lowest BCUT2D eigenvalue weighted by atomic mass is 10.1. The van der Waals surface area contributed by atoms with Crippen molar-refractivity contribution in [1.82, 2.24) is 5.43 Å². The lowest BCUT2D eigenvalue weighted by Gasteiger charge is -2.06. The Morgan fingerprint density at radius 3 is 2.33 bits per heavy atom. The van der Waals surface area contributed by atoms with Crippen LogP contribution in [0.5, 0.6) is 5.75 Å². The van der Waals surface area contributed by atoms with Crippen molar-refractivity contribution in [2.45, 2.75) is 6.18 Å². The van der Waals surface area contributed by atoms with Crippen molar-refractivity contribution in [3.63, 3.8) is 0 Å². The summed E-state index contributed by atoms with van der Waals surface area (Å²) in [7, 11) is 0. The molecule has 126 valence electrons. The summed E-state index contributed by atoms with van der Waals surface area (Å²) in [5.41, 5.74) is 1.88. The number of carbonyl (C=O) groups is 1. The standard InChI is InChI=1S/C16H12ClF3N2O2/c17-13-5-7-14(8-6-13)24-10-15(23)22-21-9-11-1-3-12(4-2-11)16(18,19)20/h1-9H,10H2,(H,22,23)/b21-9-. The van der Waals surface area contributed by atoms with Crippen LogP contribution in [0.3, 0.4) is 0 Å². The van der Waals surface area contributed by atoms with Crippen LogP contribution in [0.15, 0.2) is 53.6 Å². The van der Waals surface area contributed by atoms with E-state index >= 15 is 0 Å². The number of nitrogens with one attached hydrogen (secondary N) is 1. The number of hydrogen-bond acceptors (Lipinski definition) is 3. The average molecular weight is 357 g/mol. The van der Waals surface area contributed by atoms with Crippen LogP contribution in [-0.4, -0.2) is 18.7 Å². The molecule has 0 saturated carbocycles. The molecule has 1 amide bonds. The number of nitrogens with zero attached hydrogens (tertiary/aromatic N) is 1. The molecule has 0 aliphatic rings. The van der Waals surface area contributed by atoms with Crippen LogP contribution in [0.4, 0.5) is 13.2 Å². The Morgan fingerprint density at radius 1 is 1.12 bits per heavy atom. The van der Waals surface area contributed by atoms with Crippen LogP contribution in [-0.2, 0) is 11.0 Å². The number of hydrogen-bond donors (Lipinski definition) is 1. The number of halogens is 4. The minimum atomic E-state index is -4.39. The van der Waals surface area contributed by atoms with E-state index in [1.54, 1.807) is 24.3 Å². The number of carbonyl (C=O) groups excluding carboxylic acids is 1. The molecule has 0 aliphatic carbocycles. The van der Waals surface area contributed by atoms with E-state index in [2.05, 4.69) is 10.5 Å². The zero-order valence-electron chi connectivity index (χ0n) is 12.2. The van der Waals surface area contributed by atoms with Crippen LogP contribution >= 0.6 is 11.6 Å². The van der Waals surface area contributed by atoms with Crippen molar-refractivity contribution < 1.29 is 22.7 Å². The zero-order valence-corrected chi connectivity index (χ0v) is 12.9. The highest BCUT2D eigenvalue weighted by Gasteiger charge is 2.29. The highest BCUT2D eigenvalue weighted by atomic mass is 35.5. The zero-order chi connectivity index (χ0) is 17.6. The summed E-state index contributed by atoms with van der Waals surface area (Å²) in [6, 6.07) is 10.8. The topological polar surface area (TPSA) is 50.7 Å². The molecule has 0 aromatic heterocycles. The summed E-state index contributed by atoms with van der Waals surface area (Å²) < 4.78 is 42.4. The monoisotopic (exact) mass is 356 g/mol. The fraction of sp³-hybridized carbons (Fsp3) is 0.125. The first kappa shape index (κ1) is 17.8. The number of ether oxygens (including phenoxy) is 1. The predicted octanol–water partition coefficient (Wildman–Crippen LogP) is 3.89. The van der Waals surface area contributed by atoms with Crippen LogP contribution in [0.1, 0.15) is 11.1 Å². The first-order chi connectivity index (χ1) is 11.3. The van der Waals surface area contributed by atoms with Gasteiger partial charge in [0.1, 0.15) is 5.75 Å². The summed E-state index contributed by atoms with van der Waals surface area (Å²) in [5.74, 6) is -0.0330. The maximum Gasteiger partial charge on any atom is 0.416 e. The van der Waals surface area contributed by atoms with E-state index in [4.69, 9.17) is 16.3 Å². The molecule has 0 saturated heterocycles. The van der Waals surface area contributed by atoms with Crippen molar-refractivity contribution in [2.75, 3.05) is 6.61 Å². The molecule has 2 aromatic carbocycles. The van der Waals surface area contributed by atoms with E-state index in [1.807, 2.05) is 0 Å². The molecule has 4 nitrogen and oxygen atoms in total. The number of rotatable bonds is 5. The smallest absolute Gasteiger partial charge is 0.416 e. The number of benzene rings is 2. The Labute approximate surface area is 140 Å². The van der Waals surface area contributed by atoms with Crippen LogP contribution in [0.25, 0.3) is 0 Å². The Hall–Kier alpha value is -2.54. The van der Waals surface area contributed by atoms with Gasteiger partial charge in [-0.15, -0.1) is 0 Å². The first-order valence-corrected chi connectivity index (χ1v) is 7.10. The lowest BCUT2D eigenvalue weighted by molar-refractivity contribution is -0.137. The summed E-state index contributed by atoms with van der Waals surface area (Å²) in [6.45, 7) is -0.258. The summed E-state index contributed by atoms with van der Waals surface area (Å²) in [4.78, 5) is 11.5. The Bertz CT molecular complexity index is 714. The van der Waals surface area contributed by atoms with E-state index in [-0.39, 0.29) is 6.61 Å². The van der Waals surface area contributed by atoms with Gasteiger partial charge in [-0.1, -0.05) is 23.7 Å². The van der Waals surface area contributed by atoms with Gasteiger partial charge in [0.05, 0.1) is 11.8 Å². The van der Waals surface area contributed by atoms with Gasteiger partial charge in [-0.25, -0.2) is 5.43 Å². The SMILES string of the molecule is O=C(COc1ccc(Cl)cc1)N/N=C\c1ccc(C(F)(F)F)cc1. The van der Waals surface area contributed by atoms with Gasteiger partial charge in [-0.05, 0) is 42.0 Å². The van der Waals surface area contributed by atoms with E-state index in [9.17, 15) is 18.0 Å². The Kier molecular flexibility index (Phi) is 5.81. The molecule has 8 heteroatoms. The van der Waals surface area contributed by atoms with Crippen LogP contribution in [0, 0.1) is 0 Å². The van der Waals surface area contributed by atoms with Crippen LogP contribution in [0.2, 0.25) is 5.02 Å². The van der Waals surface area contributed by atoms with E-state index in [1.165, 1.54) is 18.3 Å². The third-order valence-corrected chi connectivity index (χ3v) is 3.08. The molecule has 0 bridgehead atoms. The predicted molar refractivity (Wildman–Crippen MR) is 84.1 cm³/mol. The summed E-state index contributed by atoms with van der Waals surface area (Å²) in [6.07, 6.45) is -3.15. The third kappa shape index (κ3) is 5.58. The third-order valence-electron chi connectivity index (χ3n) is 2.82. The molecular formula is C16H12ClF3N2O2. The number of alkyl halides is 3. The minimum Gasteiger partial charge on any atom is -0.484 e. The molecule has 0 unspecified atom stereocenters. The molecule has 0 heterocycles. The molecule has 0 radical (unpaired) electrons. The Morgan fingerprint density at radius 2 is 1.75 bits per heavy atom. The van der Waals surface area contributed by atoms with Crippen molar-refractivity contribution >= 4 is 23.7 Å². The molecule has 0 spiro atoms. The highest BCUT2D eigenvalue weighted by Crippen LogP contribution is 2.28. The van der Waals surface area contributed by atoms with Crippen molar-refractivity contribution in [2.24, 2.45) is 5.10 Å². The largest absolute Gasteiger partial charge is 0.484 e. The van der Waals surface area contributed by atoms with Gasteiger partial charge in [0.2, 0.25) is 0 Å². The second kappa shape index (κ2) is 7.83. The maximum absolute atomic E-state index is 12.4. The van der Waals surface area contributed by atoms with Gasteiger partial charge in [-0.2, -0.15) is 18.3 Å². The molecule has 1 N–H and O–H groups in total. The van der Waals surface area contributed by atoms with E-state index in [0.717, 1.165) is 12.1 Å². The molecule has 2 rings (SSSR count). The van der Waals surface area contributed by atoms with Gasteiger partial charge in [0, 0.05) is 5.02 Å². The summed E-state index contributed by atoms with van der Waals surface area (Å²) in [5, 5.41) is 4.20. The van der Waals surface area contributed by atoms with Crippen molar-refractivity contribution in [1.29, 1.82) is 0 Å². The fourth-order valence-corrected chi connectivity index (χ4v) is 1.77. The lowest BCUT2D eigenvalue weighted by Crippen LogP contribution is -2.24. The fourth-order valence-electron chi connectivity index (χ4n) is 1.65. The van der Waals surface area contributed by atoms with Gasteiger partial charge < -0.3 is 4.74 Å². The molecule has 2 aromatic rings. The molecule has 0 aliphatic heterocycles. The van der Waals surface area contributed by atoms with Gasteiger partial charge in [0.15, 0.2) is 6.61 Å². The van der Waals surface area contributed by atoms with Gasteiger partial charge in [0.25, 0.3) is 5.91 Å². The highest BCUT2D eigenvalue weighted by molar-refractivity contribution is 6.30. The van der Waals surface area contributed by atoms with Crippen molar-refractivity contribution in [3.05, 3.63) is 64.7 Å². The maximum atomic E-state index is 12.4. The molecule has 24 heavy (non-hydrogen) atoms. The molecule has 0 atom stereocenters. The second-order valence-corrected chi connectivity index (χ2v) is 5.09. The molecular weight excluding hydrogens is 345 g/mol. The van der Waals surface area contributed by atoms with E-state index in [0.29, 0.717) is 16.3 Å². The summed E-state index contributed by atoms with van der Waals surface area (Å²) >= 11 is 5.72.